The van der Waals surface area contributed by atoms with Gasteiger partial charge in [0.2, 0.25) is 11.8 Å². The second-order valence-electron chi connectivity index (χ2n) is 8.85. The van der Waals surface area contributed by atoms with E-state index < -0.39 is 0 Å². The number of hydrogen-bond donors (Lipinski definition) is 4. The van der Waals surface area contributed by atoms with E-state index in [1.54, 1.807) is 12.1 Å². The summed E-state index contributed by atoms with van der Waals surface area (Å²) in [6.07, 6.45) is 0. The van der Waals surface area contributed by atoms with E-state index in [1.807, 2.05) is 50.2 Å². The molecular weight excluding hydrogens is 574 g/mol. The van der Waals surface area contributed by atoms with Crippen LogP contribution in [0.15, 0.2) is 64.9 Å². The van der Waals surface area contributed by atoms with Crippen molar-refractivity contribution < 1.29 is 19.1 Å². The number of fused-ring (bicyclic) bond motifs is 2. The number of aromatic nitrogens is 4. The Labute approximate surface area is 249 Å². The second kappa shape index (κ2) is 13.3. The lowest BCUT2D eigenvalue weighted by Gasteiger charge is -2.09. The molecule has 0 aliphatic rings. The van der Waals surface area contributed by atoms with Crippen LogP contribution in [0.4, 0.5) is 11.4 Å². The monoisotopic (exact) mass is 601 g/mol. The molecule has 2 amide bonds. The average Bonchev–Trinajstić information content (AvgIpc) is 3.59. The minimum atomic E-state index is -0.292. The molecule has 3 aromatic carbocycles. The van der Waals surface area contributed by atoms with Crippen molar-refractivity contribution in [1.82, 2.24) is 19.9 Å². The van der Waals surface area contributed by atoms with Crippen LogP contribution in [-0.2, 0) is 9.59 Å². The van der Waals surface area contributed by atoms with Gasteiger partial charge in [0.1, 0.15) is 17.6 Å². The van der Waals surface area contributed by atoms with Crippen LogP contribution in [0.2, 0.25) is 0 Å². The van der Waals surface area contributed by atoms with E-state index >= 15 is 0 Å². The van der Waals surface area contributed by atoms with Gasteiger partial charge >= 0.3 is 0 Å². The Balaban J connectivity index is 1.13. The van der Waals surface area contributed by atoms with E-state index in [1.165, 1.54) is 29.6 Å². The second-order valence-corrected chi connectivity index (χ2v) is 10.8. The van der Waals surface area contributed by atoms with Gasteiger partial charge in [-0.05, 0) is 56.3 Å². The standard InChI is InChI=1S/C29H27N7O4S2/c1-3-39-19-6-9-22-24(12-19)35-28(33-22)41-15-26(37)31-18-5-8-21(17(11-18)14-30)32-27(38)16-42-29-34-23-10-7-20(40-4-2)13-25(23)36-29/h5-13H,3-4,15-16H2,1-2H3,(H,31,37)(H,32,38)(H,33,35)(H,34,36). The first-order valence-corrected chi connectivity index (χ1v) is 15.1. The van der Waals surface area contributed by atoms with E-state index in [0.717, 1.165) is 33.6 Å². The van der Waals surface area contributed by atoms with Crippen LogP contribution in [0.1, 0.15) is 19.4 Å². The van der Waals surface area contributed by atoms with Crippen LogP contribution in [0, 0.1) is 11.3 Å². The van der Waals surface area contributed by atoms with E-state index in [4.69, 9.17) is 9.47 Å². The molecule has 0 radical (unpaired) electrons. The third-order valence-electron chi connectivity index (χ3n) is 5.86. The molecule has 0 aliphatic carbocycles. The minimum absolute atomic E-state index is 0.0907. The summed E-state index contributed by atoms with van der Waals surface area (Å²) in [6.45, 7) is 4.98. The summed E-state index contributed by atoms with van der Waals surface area (Å²) in [5.74, 6) is 1.15. The SMILES string of the molecule is CCOc1ccc2nc(SCC(=O)Nc3ccc(NC(=O)CSc4nc5ccc(OCC)cc5[nH]4)c(C#N)c3)[nH]c2c1. The predicted molar refractivity (Wildman–Crippen MR) is 164 cm³/mol. The lowest BCUT2D eigenvalue weighted by molar-refractivity contribution is -0.114. The summed E-state index contributed by atoms with van der Waals surface area (Å²) >= 11 is 2.51. The summed E-state index contributed by atoms with van der Waals surface area (Å²) in [5, 5.41) is 16.4. The van der Waals surface area contributed by atoms with Gasteiger partial charge in [0.15, 0.2) is 10.3 Å². The molecule has 0 spiro atoms. The molecule has 0 unspecified atom stereocenters. The van der Waals surface area contributed by atoms with Crippen molar-refractivity contribution in [2.24, 2.45) is 0 Å². The molecule has 0 atom stereocenters. The molecule has 5 rings (SSSR count). The van der Waals surface area contributed by atoms with Crippen molar-refractivity contribution in [3.05, 3.63) is 60.2 Å². The topological polar surface area (TPSA) is 158 Å². The molecule has 2 heterocycles. The third kappa shape index (κ3) is 7.15. The highest BCUT2D eigenvalue weighted by atomic mass is 32.2. The van der Waals surface area contributed by atoms with Gasteiger partial charge in [-0.3, -0.25) is 9.59 Å². The van der Waals surface area contributed by atoms with Crippen LogP contribution >= 0.6 is 23.5 Å². The van der Waals surface area contributed by atoms with Crippen LogP contribution in [-0.4, -0.2) is 56.5 Å². The number of amides is 2. The summed E-state index contributed by atoms with van der Waals surface area (Å²) in [5.41, 5.74) is 4.24. The quantitative estimate of drug-likeness (QED) is 0.134. The minimum Gasteiger partial charge on any atom is -0.494 e. The van der Waals surface area contributed by atoms with E-state index in [9.17, 15) is 14.9 Å². The Morgan fingerprint density at radius 2 is 1.36 bits per heavy atom. The summed E-state index contributed by atoms with van der Waals surface area (Å²) in [6, 6.07) is 18.0. The number of imidazole rings is 2. The first-order chi connectivity index (χ1) is 20.4. The zero-order chi connectivity index (χ0) is 29.5. The smallest absolute Gasteiger partial charge is 0.234 e. The van der Waals surface area contributed by atoms with Crippen LogP contribution in [0.5, 0.6) is 11.5 Å². The van der Waals surface area contributed by atoms with Gasteiger partial charge in [0, 0.05) is 17.8 Å². The Hall–Kier alpha value is -4.67. The first-order valence-electron chi connectivity index (χ1n) is 13.1. The number of nitriles is 1. The molecule has 0 aliphatic heterocycles. The van der Waals surface area contributed by atoms with Crippen LogP contribution in [0.3, 0.4) is 0 Å². The average molecular weight is 602 g/mol. The molecule has 2 aromatic heterocycles. The summed E-state index contributed by atoms with van der Waals surface area (Å²) in [7, 11) is 0. The van der Waals surface area contributed by atoms with Gasteiger partial charge < -0.3 is 30.1 Å². The molecule has 214 valence electrons. The van der Waals surface area contributed by atoms with Crippen molar-refractivity contribution in [2.75, 3.05) is 35.4 Å². The van der Waals surface area contributed by atoms with Gasteiger partial charge in [-0.15, -0.1) is 0 Å². The number of thioether (sulfide) groups is 2. The van der Waals surface area contributed by atoms with Crippen LogP contribution in [0.25, 0.3) is 22.1 Å². The number of carbonyl (C=O) groups is 2. The zero-order valence-electron chi connectivity index (χ0n) is 22.8. The highest BCUT2D eigenvalue weighted by Crippen LogP contribution is 2.26. The van der Waals surface area contributed by atoms with Crippen molar-refractivity contribution >= 4 is 68.8 Å². The fourth-order valence-corrected chi connectivity index (χ4v) is 5.42. The lowest BCUT2D eigenvalue weighted by atomic mass is 10.1. The van der Waals surface area contributed by atoms with Crippen LogP contribution < -0.4 is 20.1 Å². The number of nitrogens with zero attached hydrogens (tertiary/aromatic N) is 3. The number of carbonyl (C=O) groups excluding carboxylic acids is 2. The van der Waals surface area contributed by atoms with Gasteiger partial charge in [-0.2, -0.15) is 5.26 Å². The Morgan fingerprint density at radius 1 is 0.810 bits per heavy atom. The zero-order valence-corrected chi connectivity index (χ0v) is 24.4. The summed E-state index contributed by atoms with van der Waals surface area (Å²) < 4.78 is 11.0. The van der Waals surface area contributed by atoms with Crippen molar-refractivity contribution in [3.8, 4) is 17.6 Å². The van der Waals surface area contributed by atoms with Gasteiger partial charge in [-0.25, -0.2) is 9.97 Å². The Bertz CT molecular complexity index is 1790. The normalized spacial score (nSPS) is 10.9. The number of rotatable bonds is 12. The highest BCUT2D eigenvalue weighted by molar-refractivity contribution is 8.00. The largest absolute Gasteiger partial charge is 0.494 e. The summed E-state index contributed by atoms with van der Waals surface area (Å²) in [4.78, 5) is 40.5. The van der Waals surface area contributed by atoms with Crippen molar-refractivity contribution in [3.63, 3.8) is 0 Å². The lowest BCUT2D eigenvalue weighted by Crippen LogP contribution is -2.16. The van der Waals surface area contributed by atoms with Gasteiger partial charge in [0.25, 0.3) is 0 Å². The molecule has 5 aromatic rings. The third-order valence-corrected chi connectivity index (χ3v) is 7.61. The number of hydrogen-bond acceptors (Lipinski definition) is 9. The molecule has 0 saturated carbocycles. The number of nitrogens with one attached hydrogen (secondary N) is 4. The van der Waals surface area contributed by atoms with Gasteiger partial charge in [-0.1, -0.05) is 23.5 Å². The number of benzene rings is 3. The molecule has 0 saturated heterocycles. The maximum absolute atomic E-state index is 12.6. The predicted octanol–water partition coefficient (Wildman–Crippen LogP) is 5.57. The van der Waals surface area contributed by atoms with Crippen molar-refractivity contribution in [1.29, 1.82) is 5.26 Å². The number of H-pyrrole nitrogens is 2. The first kappa shape index (κ1) is 28.8. The molecular formula is C29H27N7O4S2. The van der Waals surface area contributed by atoms with E-state index in [2.05, 4.69) is 36.6 Å². The van der Waals surface area contributed by atoms with Crippen molar-refractivity contribution in [2.45, 2.75) is 24.2 Å². The molecule has 4 N–H and O–H groups in total. The maximum atomic E-state index is 12.6. The Kier molecular flexibility index (Phi) is 9.15. The molecule has 13 heteroatoms. The number of anilines is 2. The maximum Gasteiger partial charge on any atom is 0.234 e. The van der Waals surface area contributed by atoms with E-state index in [0.29, 0.717) is 34.9 Å². The molecule has 11 nitrogen and oxygen atoms in total. The number of ether oxygens (including phenoxy) is 2. The highest BCUT2D eigenvalue weighted by Gasteiger charge is 2.13. The molecule has 42 heavy (non-hydrogen) atoms. The molecule has 0 bridgehead atoms. The fraction of sp³-hybridized carbons (Fsp3) is 0.207. The molecule has 0 fully saturated rings. The van der Waals surface area contributed by atoms with Gasteiger partial charge in [0.05, 0.1) is 58.0 Å². The fourth-order valence-electron chi connectivity index (χ4n) is 4.05. The number of aromatic amines is 2. The Morgan fingerprint density at radius 3 is 1.88 bits per heavy atom. The van der Waals surface area contributed by atoms with E-state index in [-0.39, 0.29) is 28.9 Å².